The number of carbonyl (C=O) groups is 2. The van der Waals surface area contributed by atoms with Gasteiger partial charge in [-0.3, -0.25) is 0 Å². The number of aliphatic carboxylic acids is 1. The number of hydrogen-bond acceptors (Lipinski definition) is 6. The molecule has 0 saturated carbocycles. The van der Waals surface area contributed by atoms with Gasteiger partial charge in [0.25, 0.3) is 0 Å². The van der Waals surface area contributed by atoms with Gasteiger partial charge < -0.3 is 19.3 Å². The number of nitriles is 1. The summed E-state index contributed by atoms with van der Waals surface area (Å²) in [5, 5.41) is 17.7. The van der Waals surface area contributed by atoms with Crippen LogP contribution in [0.4, 0.5) is 0 Å². The Balaban J connectivity index is 2.90. The Bertz CT molecular complexity index is 602. The third-order valence-electron chi connectivity index (χ3n) is 2.43. The Morgan fingerprint density at radius 1 is 1.32 bits per heavy atom. The average molecular weight is 305 g/mol. The lowest BCUT2D eigenvalue weighted by Gasteiger charge is -2.07. The fraction of sp³-hybridized carbons (Fsp3) is 0.267. The van der Waals surface area contributed by atoms with Crippen molar-refractivity contribution in [2.24, 2.45) is 0 Å². The maximum absolute atomic E-state index is 11.7. The number of para-hydroxylation sites is 1. The van der Waals surface area contributed by atoms with Crippen LogP contribution >= 0.6 is 0 Å². The summed E-state index contributed by atoms with van der Waals surface area (Å²) in [5.41, 5.74) is 0.187. The molecule has 0 saturated heterocycles. The number of esters is 1. The normalized spacial score (nSPS) is 10.6. The van der Waals surface area contributed by atoms with Gasteiger partial charge in [-0.15, -0.1) is 0 Å². The zero-order chi connectivity index (χ0) is 16.4. The van der Waals surface area contributed by atoms with E-state index in [-0.39, 0.29) is 24.5 Å². The highest BCUT2D eigenvalue weighted by atomic mass is 16.6. The largest absolute Gasteiger partial charge is 0.481 e. The van der Waals surface area contributed by atoms with Gasteiger partial charge in [-0.25, -0.2) is 9.59 Å². The minimum Gasteiger partial charge on any atom is -0.481 e. The van der Waals surface area contributed by atoms with Crippen molar-refractivity contribution in [2.45, 2.75) is 0 Å². The molecule has 1 N–H and O–H groups in total. The molecular formula is C15H15NO6. The summed E-state index contributed by atoms with van der Waals surface area (Å²) in [7, 11) is 1.46. The molecule has 0 atom stereocenters. The van der Waals surface area contributed by atoms with E-state index in [9.17, 15) is 9.59 Å². The number of benzene rings is 1. The zero-order valence-electron chi connectivity index (χ0n) is 11.9. The second-order valence-corrected chi connectivity index (χ2v) is 4.02. The maximum Gasteiger partial charge on any atom is 0.348 e. The summed E-state index contributed by atoms with van der Waals surface area (Å²) < 4.78 is 14.7. The molecule has 0 heterocycles. The van der Waals surface area contributed by atoms with E-state index in [1.165, 1.54) is 13.2 Å². The van der Waals surface area contributed by atoms with E-state index in [0.29, 0.717) is 5.56 Å². The first-order chi connectivity index (χ1) is 10.6. The second-order valence-electron chi connectivity index (χ2n) is 4.02. The number of carboxylic acids is 1. The lowest BCUT2D eigenvalue weighted by atomic mass is 10.1. The van der Waals surface area contributed by atoms with Gasteiger partial charge in [0.2, 0.25) is 0 Å². The number of ether oxygens (including phenoxy) is 3. The molecule has 0 unspecified atom stereocenters. The first kappa shape index (κ1) is 17.2. The van der Waals surface area contributed by atoms with Gasteiger partial charge in [0.1, 0.15) is 24.0 Å². The van der Waals surface area contributed by atoms with Gasteiger partial charge in [-0.05, 0) is 12.1 Å². The third kappa shape index (κ3) is 5.64. The first-order valence-electron chi connectivity index (χ1n) is 6.30. The van der Waals surface area contributed by atoms with E-state index < -0.39 is 18.5 Å². The van der Waals surface area contributed by atoms with E-state index in [1.807, 2.05) is 0 Å². The molecule has 0 amide bonds. The van der Waals surface area contributed by atoms with Crippen LogP contribution in [-0.4, -0.2) is 44.0 Å². The number of carboxylic acid groups (broad SMARTS) is 1. The molecule has 116 valence electrons. The summed E-state index contributed by atoms with van der Waals surface area (Å²) in [6.07, 6.45) is 1.28. The monoisotopic (exact) mass is 305 g/mol. The van der Waals surface area contributed by atoms with Crippen molar-refractivity contribution in [3.8, 4) is 11.8 Å². The fourth-order valence-electron chi connectivity index (χ4n) is 1.46. The zero-order valence-corrected chi connectivity index (χ0v) is 11.9. The highest BCUT2D eigenvalue weighted by molar-refractivity contribution is 5.98. The fourth-order valence-corrected chi connectivity index (χ4v) is 1.46. The van der Waals surface area contributed by atoms with E-state index in [2.05, 4.69) is 0 Å². The molecule has 1 aromatic carbocycles. The highest BCUT2D eigenvalue weighted by Crippen LogP contribution is 2.21. The van der Waals surface area contributed by atoms with Crippen molar-refractivity contribution in [1.29, 1.82) is 5.26 Å². The third-order valence-corrected chi connectivity index (χ3v) is 2.43. The first-order valence-corrected chi connectivity index (χ1v) is 6.30. The average Bonchev–Trinajstić information content (AvgIpc) is 2.51. The highest BCUT2D eigenvalue weighted by Gasteiger charge is 2.12. The van der Waals surface area contributed by atoms with E-state index in [4.69, 9.17) is 24.6 Å². The van der Waals surface area contributed by atoms with Crippen LogP contribution in [0.25, 0.3) is 6.08 Å². The molecule has 0 radical (unpaired) electrons. The van der Waals surface area contributed by atoms with Crippen LogP contribution in [0.3, 0.4) is 0 Å². The molecule has 0 fully saturated rings. The summed E-state index contributed by atoms with van der Waals surface area (Å²) in [5.74, 6) is -1.66. The standard InChI is InChI=1S/C15H15NO6/c1-20-6-7-21-15(19)12(9-16)8-11-4-2-3-5-13(11)22-10-14(17)18/h2-5,8H,6-7,10H2,1H3,(H,17,18)/b12-8+. The van der Waals surface area contributed by atoms with Gasteiger partial charge in [0.05, 0.1) is 6.61 Å². The Hall–Kier alpha value is -2.85. The van der Waals surface area contributed by atoms with Crippen LogP contribution in [-0.2, 0) is 19.1 Å². The summed E-state index contributed by atoms with van der Waals surface area (Å²) in [4.78, 5) is 22.3. The van der Waals surface area contributed by atoms with Crippen LogP contribution < -0.4 is 4.74 Å². The van der Waals surface area contributed by atoms with Crippen molar-refractivity contribution < 1.29 is 28.9 Å². The maximum atomic E-state index is 11.7. The Kier molecular flexibility index (Phi) is 7.16. The summed E-state index contributed by atoms with van der Waals surface area (Å²) >= 11 is 0. The SMILES string of the molecule is COCCOC(=O)/C(C#N)=C/c1ccccc1OCC(=O)O. The lowest BCUT2D eigenvalue weighted by Crippen LogP contribution is -2.12. The van der Waals surface area contributed by atoms with Gasteiger partial charge >= 0.3 is 11.9 Å². The Morgan fingerprint density at radius 2 is 2.05 bits per heavy atom. The van der Waals surface area contributed by atoms with Crippen LogP contribution in [0, 0.1) is 11.3 Å². The number of rotatable bonds is 8. The molecule has 7 nitrogen and oxygen atoms in total. The van der Waals surface area contributed by atoms with Crippen LogP contribution in [0.15, 0.2) is 29.8 Å². The number of hydrogen-bond donors (Lipinski definition) is 1. The smallest absolute Gasteiger partial charge is 0.348 e. The number of nitrogens with zero attached hydrogens (tertiary/aromatic N) is 1. The van der Waals surface area contributed by atoms with Gasteiger partial charge in [0, 0.05) is 12.7 Å². The van der Waals surface area contributed by atoms with E-state index in [0.717, 1.165) is 0 Å². The minimum absolute atomic E-state index is 0.0332. The number of methoxy groups -OCH3 is 1. The lowest BCUT2D eigenvalue weighted by molar-refractivity contribution is -0.140. The summed E-state index contributed by atoms with van der Waals surface area (Å²) in [6, 6.07) is 8.20. The predicted octanol–water partition coefficient (Wildman–Crippen LogP) is 1.25. The quantitative estimate of drug-likeness (QED) is 0.333. The van der Waals surface area contributed by atoms with E-state index >= 15 is 0 Å². The molecule has 0 bridgehead atoms. The molecule has 0 aliphatic heterocycles. The van der Waals surface area contributed by atoms with Gasteiger partial charge in [-0.2, -0.15) is 5.26 Å². The molecule has 0 aliphatic carbocycles. The molecular weight excluding hydrogens is 290 g/mol. The van der Waals surface area contributed by atoms with Crippen LogP contribution in [0.2, 0.25) is 0 Å². The van der Waals surface area contributed by atoms with Crippen molar-refractivity contribution in [3.05, 3.63) is 35.4 Å². The van der Waals surface area contributed by atoms with Crippen molar-refractivity contribution in [2.75, 3.05) is 26.9 Å². The molecule has 0 spiro atoms. The molecule has 7 heteroatoms. The Labute approximate surface area is 127 Å². The van der Waals surface area contributed by atoms with Gasteiger partial charge in [-0.1, -0.05) is 18.2 Å². The molecule has 22 heavy (non-hydrogen) atoms. The van der Waals surface area contributed by atoms with Crippen LogP contribution in [0.1, 0.15) is 5.56 Å². The van der Waals surface area contributed by atoms with Crippen LogP contribution in [0.5, 0.6) is 5.75 Å². The van der Waals surface area contributed by atoms with Crippen molar-refractivity contribution in [1.82, 2.24) is 0 Å². The second kappa shape index (κ2) is 9.15. The predicted molar refractivity (Wildman–Crippen MR) is 76.0 cm³/mol. The molecule has 1 aromatic rings. The minimum atomic E-state index is -1.13. The molecule has 0 aromatic heterocycles. The van der Waals surface area contributed by atoms with Crippen molar-refractivity contribution in [3.63, 3.8) is 0 Å². The van der Waals surface area contributed by atoms with Gasteiger partial charge in [0.15, 0.2) is 6.61 Å². The summed E-state index contributed by atoms with van der Waals surface area (Å²) in [6.45, 7) is -0.265. The van der Waals surface area contributed by atoms with E-state index in [1.54, 1.807) is 30.3 Å². The molecule has 1 rings (SSSR count). The topological polar surface area (TPSA) is 106 Å². The van der Waals surface area contributed by atoms with Crippen molar-refractivity contribution >= 4 is 18.0 Å². The Morgan fingerprint density at radius 3 is 2.68 bits per heavy atom. The number of carbonyl (C=O) groups excluding carboxylic acids is 1. The molecule has 0 aliphatic rings.